The lowest BCUT2D eigenvalue weighted by molar-refractivity contribution is 0.262. The Morgan fingerprint density at radius 2 is 1.45 bits per heavy atom. The number of carbonyl (C=O) groups is 1. The van der Waals surface area contributed by atoms with Gasteiger partial charge in [-0.3, -0.25) is 0 Å². The molecule has 29 heavy (non-hydrogen) atoms. The molecular weight excluding hydrogens is 362 g/mol. The van der Waals surface area contributed by atoms with Crippen molar-refractivity contribution >= 4 is 34.1 Å². The highest BCUT2D eigenvalue weighted by Gasteiger charge is 2.04. The maximum absolute atomic E-state index is 12.1. The number of nitrogens with zero attached hydrogens (tertiary/aromatic N) is 2. The number of rotatable bonds is 6. The van der Waals surface area contributed by atoms with Crippen LogP contribution in [0, 0.1) is 0 Å². The quantitative estimate of drug-likeness (QED) is 0.441. The summed E-state index contributed by atoms with van der Waals surface area (Å²) < 4.78 is 0. The number of nitrogens with one attached hydrogen (secondary N) is 3. The minimum atomic E-state index is -0.263. The lowest BCUT2D eigenvalue weighted by atomic mass is 10.1. The molecule has 0 aliphatic heterocycles. The van der Waals surface area contributed by atoms with Gasteiger partial charge in [0.25, 0.3) is 0 Å². The van der Waals surface area contributed by atoms with Crippen LogP contribution in [0.2, 0.25) is 0 Å². The fraction of sp³-hybridized carbons (Fsp3) is 0.0870. The predicted octanol–water partition coefficient (Wildman–Crippen LogP) is 4.93. The van der Waals surface area contributed by atoms with E-state index in [2.05, 4.69) is 25.9 Å². The molecule has 0 atom stereocenters. The van der Waals surface area contributed by atoms with Crippen molar-refractivity contribution in [2.45, 2.75) is 6.42 Å². The van der Waals surface area contributed by atoms with Crippen LogP contribution in [0.15, 0.2) is 85.2 Å². The zero-order chi connectivity index (χ0) is 19.9. The van der Waals surface area contributed by atoms with Crippen LogP contribution in [-0.2, 0) is 6.42 Å². The van der Waals surface area contributed by atoms with Crippen molar-refractivity contribution in [1.82, 2.24) is 9.97 Å². The number of aromatic nitrogens is 2. The van der Waals surface area contributed by atoms with Crippen LogP contribution in [0.5, 0.6) is 0 Å². The van der Waals surface area contributed by atoms with Gasteiger partial charge in [0, 0.05) is 23.3 Å². The van der Waals surface area contributed by atoms with Gasteiger partial charge < -0.3 is 16.0 Å². The maximum Gasteiger partial charge on any atom is 0.323 e. The molecule has 3 aromatic carbocycles. The SMILES string of the molecule is O=C(Nc1ccccc1)Nc1ccc(CCNc2ncnc3ccccc23)cc1. The molecule has 0 saturated heterocycles. The number of carbonyl (C=O) groups excluding carboxylic acids is 1. The van der Waals surface area contributed by atoms with Crippen molar-refractivity contribution < 1.29 is 4.79 Å². The van der Waals surface area contributed by atoms with E-state index < -0.39 is 0 Å². The number of para-hydroxylation sites is 2. The molecule has 1 aromatic heterocycles. The Morgan fingerprint density at radius 3 is 2.24 bits per heavy atom. The zero-order valence-electron chi connectivity index (χ0n) is 15.8. The van der Waals surface area contributed by atoms with Gasteiger partial charge in [0.15, 0.2) is 0 Å². The van der Waals surface area contributed by atoms with E-state index >= 15 is 0 Å². The Morgan fingerprint density at radius 1 is 0.759 bits per heavy atom. The molecule has 0 fully saturated rings. The first kappa shape index (κ1) is 18.4. The van der Waals surface area contributed by atoms with E-state index in [-0.39, 0.29) is 6.03 Å². The van der Waals surface area contributed by atoms with E-state index in [0.29, 0.717) is 0 Å². The molecule has 0 aliphatic rings. The van der Waals surface area contributed by atoms with Gasteiger partial charge in [0.05, 0.1) is 5.52 Å². The predicted molar refractivity (Wildman–Crippen MR) is 117 cm³/mol. The molecule has 0 aliphatic carbocycles. The van der Waals surface area contributed by atoms with Gasteiger partial charge in [-0.25, -0.2) is 14.8 Å². The highest BCUT2D eigenvalue weighted by atomic mass is 16.2. The summed E-state index contributed by atoms with van der Waals surface area (Å²) in [5, 5.41) is 10.0. The van der Waals surface area contributed by atoms with E-state index in [9.17, 15) is 4.79 Å². The van der Waals surface area contributed by atoms with E-state index in [1.807, 2.05) is 78.9 Å². The van der Waals surface area contributed by atoms with E-state index in [1.165, 1.54) is 5.56 Å². The van der Waals surface area contributed by atoms with Crippen LogP contribution in [0.25, 0.3) is 10.9 Å². The molecule has 4 aromatic rings. The van der Waals surface area contributed by atoms with Crippen molar-refractivity contribution in [2.24, 2.45) is 0 Å². The Bertz CT molecular complexity index is 1090. The molecule has 0 spiro atoms. The normalized spacial score (nSPS) is 10.5. The number of amides is 2. The molecule has 0 bridgehead atoms. The molecule has 1 heterocycles. The second-order valence-corrected chi connectivity index (χ2v) is 6.56. The summed E-state index contributed by atoms with van der Waals surface area (Å²) in [6.07, 6.45) is 2.42. The van der Waals surface area contributed by atoms with Crippen LogP contribution in [0.3, 0.4) is 0 Å². The molecule has 3 N–H and O–H groups in total. The summed E-state index contributed by atoms with van der Waals surface area (Å²) in [7, 11) is 0. The van der Waals surface area contributed by atoms with E-state index in [4.69, 9.17) is 0 Å². The number of benzene rings is 3. The topological polar surface area (TPSA) is 78.9 Å². The lowest BCUT2D eigenvalue weighted by Crippen LogP contribution is -2.19. The molecule has 6 heteroatoms. The third kappa shape index (κ3) is 4.87. The standard InChI is InChI=1S/C23H21N5O/c29-23(27-18-6-2-1-3-7-18)28-19-12-10-17(11-13-19)14-15-24-22-20-8-4-5-9-21(20)25-16-26-22/h1-13,16H,14-15H2,(H,24,25,26)(H2,27,28,29). The van der Waals surface area contributed by atoms with Crippen LogP contribution >= 0.6 is 0 Å². The summed E-state index contributed by atoms with van der Waals surface area (Å²) in [5.74, 6) is 0.839. The first-order valence-electron chi connectivity index (χ1n) is 9.43. The van der Waals surface area contributed by atoms with Crippen molar-refractivity contribution in [3.63, 3.8) is 0 Å². The first-order chi connectivity index (χ1) is 14.3. The number of urea groups is 1. The molecule has 0 unspecified atom stereocenters. The Kier molecular flexibility index (Phi) is 5.62. The summed E-state index contributed by atoms with van der Waals surface area (Å²) >= 11 is 0. The van der Waals surface area contributed by atoms with Gasteiger partial charge in [-0.1, -0.05) is 42.5 Å². The summed E-state index contributed by atoms with van der Waals surface area (Å²) in [5.41, 5.74) is 3.60. The van der Waals surface area contributed by atoms with Crippen LogP contribution in [-0.4, -0.2) is 22.5 Å². The van der Waals surface area contributed by atoms with Crippen LogP contribution < -0.4 is 16.0 Å². The number of anilines is 3. The minimum absolute atomic E-state index is 0.263. The molecule has 144 valence electrons. The zero-order valence-corrected chi connectivity index (χ0v) is 15.8. The molecule has 0 saturated carbocycles. The highest BCUT2D eigenvalue weighted by Crippen LogP contribution is 2.18. The fourth-order valence-electron chi connectivity index (χ4n) is 3.04. The second kappa shape index (κ2) is 8.84. The van der Waals surface area contributed by atoms with E-state index in [0.717, 1.165) is 41.1 Å². The summed E-state index contributed by atoms with van der Waals surface area (Å²) in [4.78, 5) is 20.7. The van der Waals surface area contributed by atoms with Crippen LogP contribution in [0.1, 0.15) is 5.56 Å². The average molecular weight is 383 g/mol. The Labute approximate surface area is 169 Å². The van der Waals surface area contributed by atoms with Gasteiger partial charge in [-0.2, -0.15) is 0 Å². The molecule has 6 nitrogen and oxygen atoms in total. The monoisotopic (exact) mass is 383 g/mol. The van der Waals surface area contributed by atoms with Gasteiger partial charge in [0.1, 0.15) is 12.1 Å². The largest absolute Gasteiger partial charge is 0.369 e. The van der Waals surface area contributed by atoms with E-state index in [1.54, 1.807) is 6.33 Å². The van der Waals surface area contributed by atoms with Gasteiger partial charge in [-0.05, 0) is 48.4 Å². The second-order valence-electron chi connectivity index (χ2n) is 6.56. The van der Waals surface area contributed by atoms with Gasteiger partial charge >= 0.3 is 6.03 Å². The van der Waals surface area contributed by atoms with Crippen molar-refractivity contribution in [1.29, 1.82) is 0 Å². The molecule has 4 rings (SSSR count). The highest BCUT2D eigenvalue weighted by molar-refractivity contribution is 5.99. The number of fused-ring (bicyclic) bond motifs is 1. The number of hydrogen-bond acceptors (Lipinski definition) is 4. The Balaban J connectivity index is 1.30. The van der Waals surface area contributed by atoms with Gasteiger partial charge in [0.2, 0.25) is 0 Å². The first-order valence-corrected chi connectivity index (χ1v) is 9.43. The van der Waals surface area contributed by atoms with Crippen molar-refractivity contribution in [3.05, 3.63) is 90.8 Å². The Hall–Kier alpha value is -3.93. The average Bonchev–Trinajstić information content (AvgIpc) is 2.76. The smallest absolute Gasteiger partial charge is 0.323 e. The fourth-order valence-corrected chi connectivity index (χ4v) is 3.04. The summed E-state index contributed by atoms with van der Waals surface area (Å²) in [6.45, 7) is 0.752. The van der Waals surface area contributed by atoms with Crippen molar-refractivity contribution in [2.75, 3.05) is 22.5 Å². The third-order valence-corrected chi connectivity index (χ3v) is 4.49. The van der Waals surface area contributed by atoms with Crippen LogP contribution in [0.4, 0.5) is 22.0 Å². The maximum atomic E-state index is 12.1. The minimum Gasteiger partial charge on any atom is -0.369 e. The van der Waals surface area contributed by atoms with Gasteiger partial charge in [-0.15, -0.1) is 0 Å². The molecule has 2 amide bonds. The number of hydrogen-bond donors (Lipinski definition) is 3. The molecule has 0 radical (unpaired) electrons. The summed E-state index contributed by atoms with van der Waals surface area (Å²) in [6, 6.07) is 24.9. The van der Waals surface area contributed by atoms with Crippen molar-refractivity contribution in [3.8, 4) is 0 Å². The third-order valence-electron chi connectivity index (χ3n) is 4.49. The lowest BCUT2D eigenvalue weighted by Gasteiger charge is -2.10. The molecular formula is C23H21N5O.